The van der Waals surface area contributed by atoms with Crippen LogP contribution in [0.15, 0.2) is 85.1 Å². The van der Waals surface area contributed by atoms with Gasteiger partial charge in [-0.05, 0) is 35.0 Å². The van der Waals surface area contributed by atoms with Crippen molar-refractivity contribution in [3.8, 4) is 16.9 Å². The molecule has 0 radical (unpaired) electrons. The van der Waals surface area contributed by atoms with Crippen LogP contribution in [0.1, 0.15) is 5.56 Å². The zero-order valence-corrected chi connectivity index (χ0v) is 13.9. The summed E-state index contributed by atoms with van der Waals surface area (Å²) in [5.74, 6) is -0.984. The van der Waals surface area contributed by atoms with Crippen molar-refractivity contribution in [3.63, 3.8) is 0 Å². The maximum absolute atomic E-state index is 11.0. The van der Waals surface area contributed by atoms with E-state index in [0.29, 0.717) is 0 Å². The van der Waals surface area contributed by atoms with Gasteiger partial charge in [0.15, 0.2) is 0 Å². The molecule has 26 heavy (non-hydrogen) atoms. The molecule has 0 bridgehead atoms. The number of carboxylic acid groups (broad SMARTS) is 1. The predicted octanol–water partition coefficient (Wildman–Crippen LogP) is 4.79. The van der Waals surface area contributed by atoms with Crippen molar-refractivity contribution in [2.24, 2.45) is 0 Å². The molecule has 3 aromatic carbocycles. The van der Waals surface area contributed by atoms with Gasteiger partial charge in [-0.15, -0.1) is 0 Å². The number of aliphatic carboxylic acids is 1. The molecule has 4 heteroatoms. The Hall–Kier alpha value is -3.66. The number of carbonyl (C=O) groups is 1. The predicted molar refractivity (Wildman–Crippen MR) is 103 cm³/mol. The highest BCUT2D eigenvalue weighted by Crippen LogP contribution is 2.28. The normalized spacial score (nSPS) is 11.2. The highest BCUT2D eigenvalue weighted by molar-refractivity contribution is 5.90. The highest BCUT2D eigenvalue weighted by Gasteiger charge is 2.11. The second-order valence-corrected chi connectivity index (χ2v) is 5.95. The molecule has 126 valence electrons. The molecule has 1 heterocycles. The number of hydrogen-bond acceptors (Lipinski definition) is 2. The third-order valence-electron chi connectivity index (χ3n) is 4.19. The van der Waals surface area contributed by atoms with Gasteiger partial charge in [0.2, 0.25) is 0 Å². The van der Waals surface area contributed by atoms with Gasteiger partial charge in [-0.25, -0.2) is 9.48 Å². The van der Waals surface area contributed by atoms with Crippen LogP contribution in [0.5, 0.6) is 0 Å². The van der Waals surface area contributed by atoms with E-state index in [9.17, 15) is 4.79 Å². The average molecular weight is 340 g/mol. The molecule has 4 aromatic rings. The van der Waals surface area contributed by atoms with Gasteiger partial charge in [0.05, 0.1) is 11.4 Å². The highest BCUT2D eigenvalue weighted by atomic mass is 16.4. The van der Waals surface area contributed by atoms with E-state index in [4.69, 9.17) is 10.2 Å². The molecule has 1 aromatic heterocycles. The third-order valence-corrected chi connectivity index (χ3v) is 4.19. The quantitative estimate of drug-likeness (QED) is 0.543. The molecule has 0 unspecified atom stereocenters. The van der Waals surface area contributed by atoms with Crippen LogP contribution in [0.25, 0.3) is 33.8 Å². The Kier molecular flexibility index (Phi) is 4.07. The summed E-state index contributed by atoms with van der Waals surface area (Å²) in [7, 11) is 0. The molecule has 0 fully saturated rings. The number of para-hydroxylation sites is 1. The van der Waals surface area contributed by atoms with Crippen LogP contribution in [0.4, 0.5) is 0 Å². The largest absolute Gasteiger partial charge is 0.478 e. The van der Waals surface area contributed by atoms with Gasteiger partial charge in [0.1, 0.15) is 0 Å². The molecule has 0 saturated heterocycles. The maximum atomic E-state index is 11.0. The van der Waals surface area contributed by atoms with Gasteiger partial charge < -0.3 is 5.11 Å². The minimum Gasteiger partial charge on any atom is -0.478 e. The molecule has 1 N–H and O–H groups in total. The van der Waals surface area contributed by atoms with Gasteiger partial charge in [0.25, 0.3) is 0 Å². The SMILES string of the molecule is O=C(O)/C=C\c1cn(-c2ccccc2)nc1-c1ccc2ccccc2c1. The molecular formula is C22H16N2O2. The van der Waals surface area contributed by atoms with Crippen molar-refractivity contribution in [1.82, 2.24) is 9.78 Å². The molecule has 0 atom stereocenters. The number of benzene rings is 3. The van der Waals surface area contributed by atoms with Gasteiger partial charge in [-0.1, -0.05) is 54.6 Å². The van der Waals surface area contributed by atoms with Crippen molar-refractivity contribution in [2.75, 3.05) is 0 Å². The van der Waals surface area contributed by atoms with Crippen molar-refractivity contribution in [1.29, 1.82) is 0 Å². The molecule has 4 rings (SSSR count). The lowest BCUT2D eigenvalue weighted by Gasteiger charge is -2.03. The summed E-state index contributed by atoms with van der Waals surface area (Å²) in [5, 5.41) is 16.0. The lowest BCUT2D eigenvalue weighted by atomic mass is 10.0. The lowest BCUT2D eigenvalue weighted by molar-refractivity contribution is -0.131. The number of rotatable bonds is 4. The number of fused-ring (bicyclic) bond motifs is 1. The summed E-state index contributed by atoms with van der Waals surface area (Å²) in [5.41, 5.74) is 3.37. The molecule has 0 amide bonds. The molecule has 0 saturated carbocycles. The van der Waals surface area contributed by atoms with E-state index in [2.05, 4.69) is 24.3 Å². The molecule has 0 aliphatic carbocycles. The standard InChI is InChI=1S/C22H16N2O2/c25-21(26)13-12-19-15-24(20-8-2-1-3-9-20)23-22(19)18-11-10-16-6-4-5-7-17(16)14-18/h1-15H,(H,25,26)/b13-12-. The Morgan fingerprint density at radius 1 is 0.923 bits per heavy atom. The first-order chi connectivity index (χ1) is 12.7. The van der Waals surface area contributed by atoms with Crippen LogP contribution in [0.3, 0.4) is 0 Å². The Balaban J connectivity index is 1.87. The van der Waals surface area contributed by atoms with E-state index in [1.807, 2.05) is 54.7 Å². The van der Waals surface area contributed by atoms with E-state index in [1.54, 1.807) is 10.8 Å². The molecule has 0 aliphatic heterocycles. The fourth-order valence-corrected chi connectivity index (χ4v) is 2.94. The first-order valence-corrected chi connectivity index (χ1v) is 8.26. The minimum atomic E-state index is -0.984. The summed E-state index contributed by atoms with van der Waals surface area (Å²) >= 11 is 0. The second-order valence-electron chi connectivity index (χ2n) is 5.95. The smallest absolute Gasteiger partial charge is 0.328 e. The van der Waals surface area contributed by atoms with Crippen molar-refractivity contribution < 1.29 is 9.90 Å². The van der Waals surface area contributed by atoms with Crippen LogP contribution >= 0.6 is 0 Å². The Bertz CT molecular complexity index is 1110. The monoisotopic (exact) mass is 340 g/mol. The summed E-state index contributed by atoms with van der Waals surface area (Å²) in [6, 6.07) is 24.0. The van der Waals surface area contributed by atoms with Gasteiger partial charge in [-0.3, -0.25) is 0 Å². The topological polar surface area (TPSA) is 55.1 Å². The number of carboxylic acids is 1. The first kappa shape index (κ1) is 15.8. The van der Waals surface area contributed by atoms with Crippen LogP contribution in [0.2, 0.25) is 0 Å². The summed E-state index contributed by atoms with van der Waals surface area (Å²) < 4.78 is 1.77. The van der Waals surface area contributed by atoms with E-state index < -0.39 is 5.97 Å². The zero-order chi connectivity index (χ0) is 17.9. The molecule has 4 nitrogen and oxygen atoms in total. The number of aromatic nitrogens is 2. The van der Waals surface area contributed by atoms with Crippen molar-refractivity contribution in [3.05, 3.63) is 90.6 Å². The van der Waals surface area contributed by atoms with E-state index in [1.165, 1.54) is 0 Å². The second kappa shape index (κ2) is 6.69. The fraction of sp³-hybridized carbons (Fsp3) is 0. The van der Waals surface area contributed by atoms with Crippen molar-refractivity contribution >= 4 is 22.8 Å². The van der Waals surface area contributed by atoms with Crippen LogP contribution in [-0.2, 0) is 4.79 Å². The summed E-state index contributed by atoms with van der Waals surface area (Å²) in [6.45, 7) is 0. The molecule has 0 spiro atoms. The van der Waals surface area contributed by atoms with Gasteiger partial charge >= 0.3 is 5.97 Å². The summed E-state index contributed by atoms with van der Waals surface area (Å²) in [6.07, 6.45) is 4.56. The third kappa shape index (κ3) is 3.13. The Labute approximate surface area is 150 Å². The van der Waals surface area contributed by atoms with Crippen LogP contribution in [-0.4, -0.2) is 20.9 Å². The molecular weight excluding hydrogens is 324 g/mol. The Morgan fingerprint density at radius 2 is 1.65 bits per heavy atom. The number of nitrogens with zero attached hydrogens (tertiary/aromatic N) is 2. The van der Waals surface area contributed by atoms with Crippen LogP contribution in [0, 0.1) is 0 Å². The van der Waals surface area contributed by atoms with E-state index in [-0.39, 0.29) is 0 Å². The van der Waals surface area contributed by atoms with Crippen LogP contribution < -0.4 is 0 Å². The first-order valence-electron chi connectivity index (χ1n) is 8.26. The van der Waals surface area contributed by atoms with Gasteiger partial charge in [0, 0.05) is 23.4 Å². The molecule has 0 aliphatic rings. The van der Waals surface area contributed by atoms with E-state index >= 15 is 0 Å². The van der Waals surface area contributed by atoms with Gasteiger partial charge in [-0.2, -0.15) is 5.10 Å². The zero-order valence-electron chi connectivity index (χ0n) is 13.9. The minimum absolute atomic E-state index is 0.747. The van der Waals surface area contributed by atoms with Crippen molar-refractivity contribution in [2.45, 2.75) is 0 Å². The average Bonchev–Trinajstić information content (AvgIpc) is 3.11. The van der Waals surface area contributed by atoms with E-state index in [0.717, 1.165) is 39.4 Å². The summed E-state index contributed by atoms with van der Waals surface area (Å²) in [4.78, 5) is 11.0. The number of hydrogen-bond donors (Lipinski definition) is 1. The lowest BCUT2D eigenvalue weighted by Crippen LogP contribution is -1.94. The fourth-order valence-electron chi connectivity index (χ4n) is 2.94. The maximum Gasteiger partial charge on any atom is 0.328 e. The Morgan fingerprint density at radius 3 is 2.42 bits per heavy atom.